The van der Waals surface area contributed by atoms with Crippen LogP contribution in [0.4, 0.5) is 0 Å². The summed E-state index contributed by atoms with van der Waals surface area (Å²) >= 11 is 0. The number of carbonyl (C=O) groups excluding carboxylic acids is 1. The van der Waals surface area contributed by atoms with Crippen molar-refractivity contribution in [1.82, 2.24) is 14.5 Å². The van der Waals surface area contributed by atoms with Gasteiger partial charge in [-0.2, -0.15) is 0 Å². The van der Waals surface area contributed by atoms with Crippen LogP contribution in [0.5, 0.6) is 0 Å². The van der Waals surface area contributed by atoms with Gasteiger partial charge >= 0.3 is 0 Å². The van der Waals surface area contributed by atoms with Crippen LogP contribution in [-0.2, 0) is 6.54 Å². The number of nitrogens with zero attached hydrogens (tertiary/aromatic N) is 3. The number of carbonyl (C=O) groups is 1. The van der Waals surface area contributed by atoms with Gasteiger partial charge in [0, 0.05) is 30.8 Å². The van der Waals surface area contributed by atoms with E-state index in [1.54, 1.807) is 0 Å². The van der Waals surface area contributed by atoms with Crippen LogP contribution in [0, 0.1) is 5.92 Å². The number of para-hydroxylation sites is 2. The number of benzene rings is 3. The van der Waals surface area contributed by atoms with Crippen molar-refractivity contribution in [3.63, 3.8) is 0 Å². The molecule has 1 amide bonds. The summed E-state index contributed by atoms with van der Waals surface area (Å²) in [6, 6.07) is 26.6. The average molecular weight is 396 g/mol. The summed E-state index contributed by atoms with van der Waals surface area (Å²) in [5, 5.41) is 0. The second-order valence-corrected chi connectivity index (χ2v) is 8.22. The Labute approximate surface area is 176 Å². The lowest BCUT2D eigenvalue weighted by atomic mass is 10.1. The summed E-state index contributed by atoms with van der Waals surface area (Å²) in [5.41, 5.74) is 5.13. The molecule has 0 N–H and O–H groups in total. The number of rotatable bonds is 4. The quantitative estimate of drug-likeness (QED) is 0.474. The summed E-state index contributed by atoms with van der Waals surface area (Å²) in [7, 11) is 0. The number of amides is 1. The maximum atomic E-state index is 12.7. The summed E-state index contributed by atoms with van der Waals surface area (Å²) < 4.78 is 2.25. The van der Waals surface area contributed by atoms with Gasteiger partial charge in [-0.25, -0.2) is 4.98 Å². The zero-order chi connectivity index (χ0) is 20.5. The minimum absolute atomic E-state index is 0.143. The molecule has 4 heteroatoms. The van der Waals surface area contributed by atoms with Gasteiger partial charge < -0.3 is 9.47 Å². The predicted molar refractivity (Wildman–Crippen MR) is 120 cm³/mol. The highest BCUT2D eigenvalue weighted by molar-refractivity contribution is 5.94. The van der Waals surface area contributed by atoms with Crippen molar-refractivity contribution < 1.29 is 4.79 Å². The van der Waals surface area contributed by atoms with Gasteiger partial charge in [0.25, 0.3) is 5.91 Å². The van der Waals surface area contributed by atoms with E-state index in [9.17, 15) is 4.79 Å². The molecule has 1 fully saturated rings. The molecule has 0 aliphatic carbocycles. The minimum atomic E-state index is 0.143. The monoisotopic (exact) mass is 395 g/mol. The fourth-order valence-corrected chi connectivity index (χ4v) is 4.28. The molecule has 3 aromatic carbocycles. The smallest absolute Gasteiger partial charge is 0.253 e. The van der Waals surface area contributed by atoms with Crippen molar-refractivity contribution in [3.05, 3.63) is 90.0 Å². The number of hydrogen-bond acceptors (Lipinski definition) is 2. The second-order valence-electron chi connectivity index (χ2n) is 8.22. The highest BCUT2D eigenvalue weighted by atomic mass is 16.2. The second kappa shape index (κ2) is 7.79. The van der Waals surface area contributed by atoms with Crippen molar-refractivity contribution in [3.8, 4) is 11.4 Å². The van der Waals surface area contributed by atoms with E-state index in [0.717, 1.165) is 53.1 Å². The Hall–Kier alpha value is -3.40. The lowest BCUT2D eigenvalue weighted by Crippen LogP contribution is -2.28. The Bertz CT molecular complexity index is 1180. The lowest BCUT2D eigenvalue weighted by molar-refractivity contribution is 0.0788. The summed E-state index contributed by atoms with van der Waals surface area (Å²) in [6.45, 7) is 4.64. The van der Waals surface area contributed by atoms with Gasteiger partial charge in [0.2, 0.25) is 0 Å². The van der Waals surface area contributed by atoms with E-state index in [1.807, 2.05) is 47.4 Å². The molecule has 0 radical (unpaired) electrons. The summed E-state index contributed by atoms with van der Waals surface area (Å²) in [4.78, 5) is 19.6. The van der Waals surface area contributed by atoms with E-state index in [2.05, 4.69) is 47.9 Å². The third kappa shape index (κ3) is 3.50. The normalized spacial score (nSPS) is 16.3. The molecule has 1 aliphatic rings. The Balaban J connectivity index is 1.45. The van der Waals surface area contributed by atoms with Gasteiger partial charge in [-0.1, -0.05) is 61.5 Å². The molecule has 30 heavy (non-hydrogen) atoms. The molecule has 0 bridgehead atoms. The standard InChI is InChI=1S/C26H25N3O/c1-19-15-16-28(17-19)26(30)22-13-11-20(12-14-22)18-29-24-10-6-5-9-23(24)27-25(29)21-7-3-2-4-8-21/h2-14,19H,15-18H2,1H3. The average Bonchev–Trinajstić information content (AvgIpc) is 3.38. The van der Waals surface area contributed by atoms with Gasteiger partial charge in [-0.3, -0.25) is 4.79 Å². The minimum Gasteiger partial charge on any atom is -0.338 e. The Morgan fingerprint density at radius 3 is 2.43 bits per heavy atom. The number of aromatic nitrogens is 2. The van der Waals surface area contributed by atoms with Crippen molar-refractivity contribution >= 4 is 16.9 Å². The zero-order valence-electron chi connectivity index (χ0n) is 17.2. The first-order chi connectivity index (χ1) is 14.7. The first-order valence-corrected chi connectivity index (χ1v) is 10.6. The largest absolute Gasteiger partial charge is 0.338 e. The molecule has 1 unspecified atom stereocenters. The third-order valence-electron chi connectivity index (χ3n) is 5.94. The van der Waals surface area contributed by atoms with Crippen molar-refractivity contribution in [2.24, 2.45) is 5.92 Å². The Morgan fingerprint density at radius 1 is 0.967 bits per heavy atom. The van der Waals surface area contributed by atoms with Crippen molar-refractivity contribution in [2.75, 3.05) is 13.1 Å². The molecule has 150 valence electrons. The van der Waals surface area contributed by atoms with E-state index >= 15 is 0 Å². The maximum Gasteiger partial charge on any atom is 0.253 e. The van der Waals surface area contributed by atoms with Crippen LogP contribution in [-0.4, -0.2) is 33.4 Å². The molecular weight excluding hydrogens is 370 g/mol. The van der Waals surface area contributed by atoms with E-state index in [1.165, 1.54) is 0 Å². The zero-order valence-corrected chi connectivity index (χ0v) is 17.2. The number of imidazole rings is 1. The number of hydrogen-bond donors (Lipinski definition) is 0. The van der Waals surface area contributed by atoms with Crippen LogP contribution in [0.25, 0.3) is 22.4 Å². The first kappa shape index (κ1) is 18.6. The number of fused-ring (bicyclic) bond motifs is 1. The van der Waals surface area contributed by atoms with Crippen LogP contribution in [0.1, 0.15) is 29.3 Å². The molecular formula is C26H25N3O. The van der Waals surface area contributed by atoms with E-state index < -0.39 is 0 Å². The van der Waals surface area contributed by atoms with E-state index in [-0.39, 0.29) is 5.91 Å². The van der Waals surface area contributed by atoms with Crippen molar-refractivity contribution in [1.29, 1.82) is 0 Å². The SMILES string of the molecule is CC1CCN(C(=O)c2ccc(Cn3c(-c4ccccc4)nc4ccccc43)cc2)C1. The molecule has 1 atom stereocenters. The molecule has 1 saturated heterocycles. The Morgan fingerprint density at radius 2 is 1.70 bits per heavy atom. The van der Waals surface area contributed by atoms with Gasteiger partial charge in [0.05, 0.1) is 11.0 Å². The topological polar surface area (TPSA) is 38.1 Å². The molecule has 5 rings (SSSR count). The van der Waals surface area contributed by atoms with E-state index in [0.29, 0.717) is 12.5 Å². The molecule has 0 saturated carbocycles. The van der Waals surface area contributed by atoms with Crippen LogP contribution >= 0.6 is 0 Å². The number of likely N-dealkylation sites (tertiary alicyclic amines) is 1. The summed E-state index contributed by atoms with van der Waals surface area (Å²) in [6.07, 6.45) is 1.10. The van der Waals surface area contributed by atoms with Crippen LogP contribution in [0.15, 0.2) is 78.9 Å². The first-order valence-electron chi connectivity index (χ1n) is 10.6. The lowest BCUT2D eigenvalue weighted by Gasteiger charge is -2.16. The summed E-state index contributed by atoms with van der Waals surface area (Å²) in [5.74, 6) is 1.70. The molecule has 0 spiro atoms. The van der Waals surface area contributed by atoms with Gasteiger partial charge in [-0.05, 0) is 42.2 Å². The predicted octanol–water partition coefficient (Wildman–Crippen LogP) is 5.23. The van der Waals surface area contributed by atoms with E-state index in [4.69, 9.17) is 4.98 Å². The fraction of sp³-hybridized carbons (Fsp3) is 0.231. The molecule has 1 aromatic heterocycles. The Kier molecular flexibility index (Phi) is 4.83. The van der Waals surface area contributed by atoms with Gasteiger partial charge in [-0.15, -0.1) is 0 Å². The van der Waals surface area contributed by atoms with Crippen molar-refractivity contribution in [2.45, 2.75) is 19.9 Å². The van der Waals surface area contributed by atoms with Crippen LogP contribution in [0.2, 0.25) is 0 Å². The highest BCUT2D eigenvalue weighted by Crippen LogP contribution is 2.26. The van der Waals surface area contributed by atoms with Gasteiger partial charge in [0.1, 0.15) is 5.82 Å². The molecule has 2 heterocycles. The highest BCUT2D eigenvalue weighted by Gasteiger charge is 2.24. The molecule has 4 aromatic rings. The van der Waals surface area contributed by atoms with Gasteiger partial charge in [0.15, 0.2) is 0 Å². The molecule has 1 aliphatic heterocycles. The van der Waals surface area contributed by atoms with Crippen LogP contribution in [0.3, 0.4) is 0 Å². The fourth-order valence-electron chi connectivity index (χ4n) is 4.28. The maximum absolute atomic E-state index is 12.7. The van der Waals surface area contributed by atoms with Crippen LogP contribution < -0.4 is 0 Å². The third-order valence-corrected chi connectivity index (χ3v) is 5.94. The molecule has 4 nitrogen and oxygen atoms in total.